The highest BCUT2D eigenvalue weighted by atomic mass is 79.9. The van der Waals surface area contributed by atoms with Crippen molar-refractivity contribution < 1.29 is 13.2 Å². The predicted molar refractivity (Wildman–Crippen MR) is 74.7 cm³/mol. The summed E-state index contributed by atoms with van der Waals surface area (Å²) in [4.78, 5) is -0.0362. The van der Waals surface area contributed by atoms with Gasteiger partial charge in [-0.15, -0.1) is 0 Å². The molecule has 0 aliphatic carbocycles. The molecule has 0 aromatic heterocycles. The van der Waals surface area contributed by atoms with Gasteiger partial charge in [0.25, 0.3) is 0 Å². The van der Waals surface area contributed by atoms with Gasteiger partial charge in [0.1, 0.15) is 0 Å². The van der Waals surface area contributed by atoms with Crippen molar-refractivity contribution in [2.45, 2.75) is 49.7 Å². The maximum atomic E-state index is 12.7. The lowest BCUT2D eigenvalue weighted by molar-refractivity contribution is -0.137. The van der Waals surface area contributed by atoms with E-state index in [1.165, 1.54) is 6.07 Å². The van der Waals surface area contributed by atoms with Crippen LogP contribution in [0.2, 0.25) is 0 Å². The van der Waals surface area contributed by atoms with Gasteiger partial charge in [-0.3, -0.25) is 0 Å². The van der Waals surface area contributed by atoms with Crippen LogP contribution in [0.4, 0.5) is 18.9 Å². The fourth-order valence-corrected chi connectivity index (χ4v) is 3.62. The maximum Gasteiger partial charge on any atom is 0.416 e. The third-order valence-electron chi connectivity index (χ3n) is 4.04. The van der Waals surface area contributed by atoms with Crippen molar-refractivity contribution in [2.75, 3.05) is 5.32 Å². The molecule has 1 aliphatic heterocycles. The first-order valence-corrected chi connectivity index (χ1v) is 7.36. The van der Waals surface area contributed by atoms with E-state index >= 15 is 0 Å². The largest absolute Gasteiger partial charge is 0.416 e. The number of fused-ring (bicyclic) bond motifs is 1. The topological polar surface area (TPSA) is 12.0 Å². The van der Waals surface area contributed by atoms with E-state index in [1.54, 1.807) is 6.07 Å². The van der Waals surface area contributed by atoms with Crippen LogP contribution in [0.25, 0.3) is 0 Å². The van der Waals surface area contributed by atoms with Gasteiger partial charge < -0.3 is 5.32 Å². The van der Waals surface area contributed by atoms with Crippen LogP contribution in [0.1, 0.15) is 49.1 Å². The molecule has 2 rings (SSSR count). The Hall–Kier alpha value is -0.710. The van der Waals surface area contributed by atoms with Crippen LogP contribution >= 0.6 is 15.9 Å². The van der Waals surface area contributed by atoms with Gasteiger partial charge in [0.05, 0.1) is 5.56 Å². The molecule has 5 heteroatoms. The van der Waals surface area contributed by atoms with Gasteiger partial charge in [-0.1, -0.05) is 29.8 Å². The summed E-state index contributed by atoms with van der Waals surface area (Å²) in [5.41, 5.74) is 0.899. The molecule has 0 saturated carbocycles. The smallest absolute Gasteiger partial charge is 0.379 e. The Bertz CT molecular complexity index is 466. The summed E-state index contributed by atoms with van der Waals surface area (Å²) < 4.78 is 38.2. The third-order valence-corrected chi connectivity index (χ3v) is 4.86. The molecule has 1 N–H and O–H groups in total. The number of alkyl halides is 4. The number of anilines is 1. The molecule has 19 heavy (non-hydrogen) atoms. The number of hydrogen-bond donors (Lipinski definition) is 1. The molecule has 1 aromatic rings. The Kier molecular flexibility index (Phi) is 3.87. The minimum atomic E-state index is -4.29. The molecular weight excluding hydrogens is 319 g/mol. The van der Waals surface area contributed by atoms with Crippen LogP contribution < -0.4 is 5.32 Å². The Morgan fingerprint density at radius 3 is 2.47 bits per heavy atom. The number of rotatable bonds is 2. The minimum absolute atomic E-state index is 0.0269. The van der Waals surface area contributed by atoms with Crippen LogP contribution in [0.5, 0.6) is 0 Å². The summed E-state index contributed by atoms with van der Waals surface area (Å²) in [5, 5.41) is 3.42. The van der Waals surface area contributed by atoms with Crippen molar-refractivity contribution in [3.05, 3.63) is 29.3 Å². The second-order valence-electron chi connectivity index (χ2n) is 5.08. The van der Waals surface area contributed by atoms with Gasteiger partial charge in [-0.25, -0.2) is 0 Å². The van der Waals surface area contributed by atoms with Crippen LogP contribution in [0, 0.1) is 0 Å². The van der Waals surface area contributed by atoms with Crippen LogP contribution in [-0.2, 0) is 6.18 Å². The molecule has 1 atom stereocenters. The summed E-state index contributed by atoms with van der Waals surface area (Å²) in [6.07, 6.45) is -1.59. The highest BCUT2D eigenvalue weighted by Crippen LogP contribution is 2.46. The number of benzene rings is 1. The Balaban J connectivity index is 2.41. The van der Waals surface area contributed by atoms with E-state index in [1.807, 2.05) is 0 Å². The lowest BCUT2D eigenvalue weighted by atomic mass is 9.81. The van der Waals surface area contributed by atoms with Crippen molar-refractivity contribution in [1.29, 1.82) is 0 Å². The second-order valence-corrected chi connectivity index (χ2v) is 6.19. The van der Waals surface area contributed by atoms with Crippen LogP contribution in [-0.4, -0.2) is 5.54 Å². The van der Waals surface area contributed by atoms with E-state index in [9.17, 15) is 13.2 Å². The summed E-state index contributed by atoms with van der Waals surface area (Å²) in [7, 11) is 0. The molecule has 0 radical (unpaired) electrons. The molecule has 0 unspecified atom stereocenters. The third kappa shape index (κ3) is 2.76. The first kappa shape index (κ1) is 14.7. The van der Waals surface area contributed by atoms with E-state index in [0.29, 0.717) is 5.56 Å². The number of halogens is 4. The fraction of sp³-hybridized carbons (Fsp3) is 0.571. The quantitative estimate of drug-likeness (QED) is 0.702. The van der Waals surface area contributed by atoms with Crippen molar-refractivity contribution in [3.8, 4) is 0 Å². The number of nitrogens with one attached hydrogen (secondary N) is 1. The molecule has 0 fully saturated rings. The Morgan fingerprint density at radius 1 is 1.32 bits per heavy atom. The fourth-order valence-electron chi connectivity index (χ4n) is 2.62. The molecule has 0 amide bonds. The zero-order chi connectivity index (χ0) is 14.3. The van der Waals surface area contributed by atoms with Crippen molar-refractivity contribution >= 4 is 21.6 Å². The van der Waals surface area contributed by atoms with Gasteiger partial charge in [-0.2, -0.15) is 13.2 Å². The second kappa shape index (κ2) is 5.00. The summed E-state index contributed by atoms with van der Waals surface area (Å²) in [6.45, 7) is 4.20. The van der Waals surface area contributed by atoms with Crippen molar-refractivity contribution in [2.24, 2.45) is 0 Å². The van der Waals surface area contributed by atoms with E-state index < -0.39 is 11.7 Å². The SMILES string of the molecule is CCC1(CC)C[C@@H](Br)c2cc(C(F)(F)F)ccc2N1. The van der Waals surface area contributed by atoms with E-state index in [0.717, 1.165) is 31.0 Å². The first-order chi connectivity index (χ1) is 8.81. The zero-order valence-corrected chi connectivity index (χ0v) is 12.5. The average Bonchev–Trinajstić information content (AvgIpc) is 2.37. The highest BCUT2D eigenvalue weighted by molar-refractivity contribution is 9.09. The maximum absolute atomic E-state index is 12.7. The van der Waals surface area contributed by atoms with Crippen LogP contribution in [0.3, 0.4) is 0 Å². The standard InChI is InChI=1S/C14H17BrF3N/c1-3-13(4-2)8-11(15)10-7-9(14(16,17)18)5-6-12(10)19-13/h5-7,11,19H,3-4,8H2,1-2H3/t11-/m1/s1. The summed E-state index contributed by atoms with van der Waals surface area (Å²) in [6, 6.07) is 3.94. The monoisotopic (exact) mass is 335 g/mol. The van der Waals surface area contributed by atoms with E-state index in [-0.39, 0.29) is 10.4 Å². The van der Waals surface area contributed by atoms with E-state index in [4.69, 9.17) is 0 Å². The molecule has 0 spiro atoms. The van der Waals surface area contributed by atoms with Crippen molar-refractivity contribution in [3.63, 3.8) is 0 Å². The van der Waals surface area contributed by atoms with Gasteiger partial charge in [-0.05, 0) is 43.0 Å². The van der Waals surface area contributed by atoms with Gasteiger partial charge in [0, 0.05) is 16.1 Å². The summed E-state index contributed by atoms with van der Waals surface area (Å²) in [5.74, 6) is 0. The Morgan fingerprint density at radius 2 is 1.95 bits per heavy atom. The van der Waals surface area contributed by atoms with Gasteiger partial charge >= 0.3 is 6.18 Å². The Labute approximate surface area is 119 Å². The molecule has 1 nitrogen and oxygen atoms in total. The lowest BCUT2D eigenvalue weighted by Crippen LogP contribution is -2.41. The molecule has 1 aromatic carbocycles. The normalized spacial score (nSPS) is 21.7. The molecule has 1 aliphatic rings. The van der Waals surface area contributed by atoms with Gasteiger partial charge in [0.15, 0.2) is 0 Å². The highest BCUT2D eigenvalue weighted by Gasteiger charge is 2.37. The molecule has 0 bridgehead atoms. The average molecular weight is 336 g/mol. The zero-order valence-electron chi connectivity index (χ0n) is 10.9. The summed E-state index contributed by atoms with van der Waals surface area (Å²) >= 11 is 3.54. The first-order valence-electron chi connectivity index (χ1n) is 6.44. The minimum Gasteiger partial charge on any atom is -0.379 e. The molecule has 106 valence electrons. The number of hydrogen-bond acceptors (Lipinski definition) is 1. The van der Waals surface area contributed by atoms with Crippen LogP contribution in [0.15, 0.2) is 18.2 Å². The van der Waals surface area contributed by atoms with Crippen molar-refractivity contribution in [1.82, 2.24) is 0 Å². The van der Waals surface area contributed by atoms with E-state index in [2.05, 4.69) is 35.1 Å². The molecule has 1 heterocycles. The molecular formula is C14H17BrF3N. The molecule has 0 saturated heterocycles. The predicted octanol–water partition coefficient (Wildman–Crippen LogP) is 5.52. The van der Waals surface area contributed by atoms with Gasteiger partial charge in [0.2, 0.25) is 0 Å². The lowest BCUT2D eigenvalue weighted by Gasteiger charge is -2.41.